The van der Waals surface area contributed by atoms with Crippen molar-refractivity contribution in [3.63, 3.8) is 0 Å². The molecule has 29 heavy (non-hydrogen) atoms. The minimum Gasteiger partial charge on any atom is -0.245 e. The fraction of sp³-hybridized carbons (Fsp3) is 0.769. The Hall–Kier alpha value is -1.38. The molecule has 1 aromatic heterocycles. The molecular weight excluding hydrogens is 358 g/mol. The molecular formula is C26H46NO2+. The second kappa shape index (κ2) is 19.9. The van der Waals surface area contributed by atoms with Crippen molar-refractivity contribution in [1.29, 1.82) is 0 Å². The number of aromatic nitrogens is 1. The third kappa shape index (κ3) is 17.2. The van der Waals surface area contributed by atoms with Crippen molar-refractivity contribution >= 4 is 5.97 Å². The average molecular weight is 405 g/mol. The van der Waals surface area contributed by atoms with E-state index >= 15 is 0 Å². The van der Waals surface area contributed by atoms with E-state index in [2.05, 4.69) is 6.92 Å². The van der Waals surface area contributed by atoms with E-state index in [4.69, 9.17) is 4.84 Å². The van der Waals surface area contributed by atoms with Gasteiger partial charge in [-0.05, 0) is 6.42 Å². The van der Waals surface area contributed by atoms with Gasteiger partial charge in [-0.15, -0.1) is 0 Å². The third-order valence-corrected chi connectivity index (χ3v) is 5.63. The Balaban J connectivity index is 1.73. The summed E-state index contributed by atoms with van der Waals surface area (Å²) in [6.45, 7) is 2.29. The number of hydrogen-bond acceptors (Lipinski definition) is 2. The first-order chi connectivity index (χ1) is 14.3. The molecule has 1 rings (SSSR count). The van der Waals surface area contributed by atoms with Crippen molar-refractivity contribution in [3.8, 4) is 0 Å². The monoisotopic (exact) mass is 404 g/mol. The van der Waals surface area contributed by atoms with Crippen LogP contribution in [-0.2, 0) is 4.79 Å². The molecule has 3 nitrogen and oxygen atoms in total. The first kappa shape index (κ1) is 25.7. The van der Waals surface area contributed by atoms with Crippen molar-refractivity contribution in [2.75, 3.05) is 0 Å². The molecule has 0 aliphatic carbocycles. The first-order valence-electron chi connectivity index (χ1n) is 12.5. The predicted molar refractivity (Wildman–Crippen MR) is 122 cm³/mol. The zero-order chi connectivity index (χ0) is 20.8. The molecule has 0 saturated carbocycles. The van der Waals surface area contributed by atoms with E-state index in [1.54, 1.807) is 12.4 Å². The van der Waals surface area contributed by atoms with Gasteiger partial charge in [0.1, 0.15) is 0 Å². The molecule has 0 unspecified atom stereocenters. The Morgan fingerprint density at radius 1 is 0.586 bits per heavy atom. The van der Waals surface area contributed by atoms with E-state index in [0.29, 0.717) is 6.42 Å². The molecule has 0 fully saturated rings. The minimum absolute atomic E-state index is 0.141. The lowest BCUT2D eigenvalue weighted by molar-refractivity contribution is -0.869. The molecule has 0 bridgehead atoms. The van der Waals surface area contributed by atoms with Crippen LogP contribution in [0.4, 0.5) is 0 Å². The number of carbonyl (C=O) groups excluding carboxylic acids is 1. The van der Waals surface area contributed by atoms with E-state index in [-0.39, 0.29) is 5.97 Å². The van der Waals surface area contributed by atoms with Crippen LogP contribution < -0.4 is 9.57 Å². The van der Waals surface area contributed by atoms with Crippen LogP contribution in [0.1, 0.15) is 129 Å². The second-order valence-corrected chi connectivity index (χ2v) is 8.46. The fourth-order valence-corrected chi connectivity index (χ4v) is 3.78. The van der Waals surface area contributed by atoms with E-state index in [9.17, 15) is 4.79 Å². The van der Waals surface area contributed by atoms with Crippen LogP contribution in [0.5, 0.6) is 0 Å². The summed E-state index contributed by atoms with van der Waals surface area (Å²) in [5, 5.41) is 0. The lowest BCUT2D eigenvalue weighted by atomic mass is 10.0. The van der Waals surface area contributed by atoms with Crippen LogP contribution in [0.2, 0.25) is 0 Å². The summed E-state index contributed by atoms with van der Waals surface area (Å²) in [5.74, 6) is -0.141. The van der Waals surface area contributed by atoms with Gasteiger partial charge in [0.2, 0.25) is 12.4 Å². The molecule has 0 aliphatic heterocycles. The zero-order valence-electron chi connectivity index (χ0n) is 19.1. The van der Waals surface area contributed by atoms with Crippen molar-refractivity contribution in [2.45, 2.75) is 129 Å². The van der Waals surface area contributed by atoms with E-state index in [0.717, 1.165) is 12.8 Å². The van der Waals surface area contributed by atoms with Crippen molar-refractivity contribution in [3.05, 3.63) is 30.6 Å². The number of carbonyl (C=O) groups is 1. The van der Waals surface area contributed by atoms with Gasteiger partial charge in [-0.3, -0.25) is 0 Å². The second-order valence-electron chi connectivity index (χ2n) is 8.46. The van der Waals surface area contributed by atoms with Crippen LogP contribution in [0, 0.1) is 0 Å². The highest BCUT2D eigenvalue weighted by atomic mass is 16.7. The highest BCUT2D eigenvalue weighted by Crippen LogP contribution is 2.14. The Kier molecular flexibility index (Phi) is 17.6. The van der Waals surface area contributed by atoms with Gasteiger partial charge in [-0.2, -0.15) is 4.84 Å². The van der Waals surface area contributed by atoms with E-state index in [1.165, 1.54) is 107 Å². The molecule has 0 atom stereocenters. The van der Waals surface area contributed by atoms with Crippen LogP contribution in [0.25, 0.3) is 0 Å². The highest BCUT2D eigenvalue weighted by Gasteiger charge is 2.09. The molecule has 0 saturated heterocycles. The molecule has 0 aromatic carbocycles. The van der Waals surface area contributed by atoms with Crippen LogP contribution >= 0.6 is 0 Å². The summed E-state index contributed by atoms with van der Waals surface area (Å²) in [4.78, 5) is 17.0. The van der Waals surface area contributed by atoms with Crippen LogP contribution in [0.15, 0.2) is 30.6 Å². The van der Waals surface area contributed by atoms with Crippen LogP contribution in [-0.4, -0.2) is 5.97 Å². The lowest BCUT2D eigenvalue weighted by Crippen LogP contribution is -2.44. The number of hydrogen-bond donors (Lipinski definition) is 0. The SMILES string of the molecule is CCCCCCCCCCCCCCCCCCCCC(=O)O[n+]1ccccc1. The Morgan fingerprint density at radius 3 is 1.38 bits per heavy atom. The standard InChI is InChI=1S/C26H46NO2/c1-2-3-4-5-6-7-8-9-10-11-12-13-14-15-16-17-18-20-23-26(28)29-27-24-21-19-22-25-27/h19,21-22,24-25H,2-18,20,23H2,1H3/q+1. The normalized spacial score (nSPS) is 10.9. The van der Waals surface area contributed by atoms with Crippen LogP contribution in [0.3, 0.4) is 0 Å². The number of nitrogens with zero attached hydrogens (tertiary/aromatic N) is 1. The van der Waals surface area contributed by atoms with Gasteiger partial charge < -0.3 is 0 Å². The summed E-state index contributed by atoms with van der Waals surface area (Å²) in [6.07, 6.45) is 28.5. The lowest BCUT2D eigenvalue weighted by Gasteiger charge is -2.03. The fourth-order valence-electron chi connectivity index (χ4n) is 3.78. The molecule has 3 heteroatoms. The maximum Gasteiger partial charge on any atom is 0.380 e. The largest absolute Gasteiger partial charge is 0.380 e. The van der Waals surface area contributed by atoms with E-state index in [1.807, 2.05) is 18.2 Å². The maximum absolute atomic E-state index is 11.7. The van der Waals surface area contributed by atoms with Gasteiger partial charge in [0, 0.05) is 16.9 Å². The van der Waals surface area contributed by atoms with Gasteiger partial charge in [-0.1, -0.05) is 122 Å². The Labute approximate surface area is 180 Å². The first-order valence-corrected chi connectivity index (χ1v) is 12.5. The predicted octanol–water partition coefficient (Wildman–Crippen LogP) is 7.36. The topological polar surface area (TPSA) is 30.2 Å². The molecule has 0 radical (unpaired) electrons. The summed E-state index contributed by atoms with van der Waals surface area (Å²) < 4.78 is 1.47. The Bertz CT molecular complexity index is 475. The third-order valence-electron chi connectivity index (χ3n) is 5.63. The molecule has 166 valence electrons. The molecule has 1 heterocycles. The smallest absolute Gasteiger partial charge is 0.245 e. The molecule has 0 N–H and O–H groups in total. The van der Waals surface area contributed by atoms with Gasteiger partial charge in [-0.25, -0.2) is 4.79 Å². The summed E-state index contributed by atoms with van der Waals surface area (Å²) in [5.41, 5.74) is 0. The van der Waals surface area contributed by atoms with Gasteiger partial charge >= 0.3 is 5.97 Å². The van der Waals surface area contributed by atoms with Crippen molar-refractivity contribution in [1.82, 2.24) is 0 Å². The van der Waals surface area contributed by atoms with E-state index < -0.39 is 0 Å². The minimum atomic E-state index is -0.141. The van der Waals surface area contributed by atoms with Gasteiger partial charge in [0.05, 0.1) is 6.42 Å². The highest BCUT2D eigenvalue weighted by molar-refractivity contribution is 5.68. The zero-order valence-corrected chi connectivity index (χ0v) is 19.1. The quantitative estimate of drug-likeness (QED) is 0.168. The summed E-state index contributed by atoms with van der Waals surface area (Å²) in [6, 6.07) is 5.61. The number of unbranched alkanes of at least 4 members (excludes halogenated alkanes) is 17. The average Bonchev–Trinajstić information content (AvgIpc) is 2.73. The molecule has 0 amide bonds. The maximum atomic E-state index is 11.7. The number of pyridine rings is 1. The summed E-state index contributed by atoms with van der Waals surface area (Å²) in [7, 11) is 0. The summed E-state index contributed by atoms with van der Waals surface area (Å²) >= 11 is 0. The van der Waals surface area contributed by atoms with Crippen molar-refractivity contribution < 1.29 is 14.4 Å². The Morgan fingerprint density at radius 2 is 0.966 bits per heavy atom. The van der Waals surface area contributed by atoms with Gasteiger partial charge in [0.25, 0.3) is 0 Å². The molecule has 0 aliphatic rings. The number of rotatable bonds is 20. The molecule has 1 aromatic rings. The van der Waals surface area contributed by atoms with Gasteiger partial charge in [0.15, 0.2) is 0 Å². The van der Waals surface area contributed by atoms with Crippen molar-refractivity contribution in [2.24, 2.45) is 0 Å². The molecule has 0 spiro atoms.